The second-order valence-corrected chi connectivity index (χ2v) is 10.9. The Kier molecular flexibility index (Phi) is 7.12. The molecular formula is C31H38N6O2. The highest BCUT2D eigenvalue weighted by Gasteiger charge is 2.32. The first-order valence-corrected chi connectivity index (χ1v) is 14.2. The number of carbonyl (C=O) groups is 1. The molecule has 0 radical (unpaired) electrons. The van der Waals surface area contributed by atoms with Gasteiger partial charge in [0, 0.05) is 85.6 Å². The average Bonchev–Trinajstić information content (AvgIpc) is 3.35. The van der Waals surface area contributed by atoms with Crippen LogP contribution in [-0.4, -0.2) is 54.5 Å². The van der Waals surface area contributed by atoms with Gasteiger partial charge in [-0.05, 0) is 75.6 Å². The second kappa shape index (κ2) is 10.8. The Labute approximate surface area is 230 Å². The summed E-state index contributed by atoms with van der Waals surface area (Å²) in [5.74, 6) is 1.01. The molecule has 0 atom stereocenters. The fourth-order valence-corrected chi connectivity index (χ4v) is 6.29. The molecule has 0 spiro atoms. The lowest BCUT2D eigenvalue weighted by Crippen LogP contribution is -2.26. The second-order valence-electron chi connectivity index (χ2n) is 10.9. The number of ether oxygens (including phenoxy) is 1. The molecule has 1 saturated heterocycles. The van der Waals surface area contributed by atoms with Gasteiger partial charge in [0.1, 0.15) is 0 Å². The largest absolute Gasteiger partial charge is 0.388 e. The summed E-state index contributed by atoms with van der Waals surface area (Å²) in [6, 6.07) is 9.20. The van der Waals surface area contributed by atoms with Gasteiger partial charge in [-0.3, -0.25) is 14.5 Å². The number of aryl methyl sites for hydroxylation is 2. The van der Waals surface area contributed by atoms with Crippen molar-refractivity contribution in [1.29, 1.82) is 0 Å². The van der Waals surface area contributed by atoms with E-state index in [9.17, 15) is 4.79 Å². The van der Waals surface area contributed by atoms with Gasteiger partial charge in [0.2, 0.25) is 5.91 Å². The lowest BCUT2D eigenvalue weighted by atomic mass is 9.90. The molecule has 8 nitrogen and oxygen atoms in total. The minimum atomic E-state index is -0.0353. The first-order chi connectivity index (χ1) is 19.1. The Morgan fingerprint density at radius 3 is 2.72 bits per heavy atom. The molecule has 1 aromatic carbocycles. The summed E-state index contributed by atoms with van der Waals surface area (Å²) >= 11 is 0. The summed E-state index contributed by atoms with van der Waals surface area (Å²) in [5.41, 5.74) is 10.7. The van der Waals surface area contributed by atoms with Crippen molar-refractivity contribution in [2.45, 2.75) is 57.9 Å². The minimum absolute atomic E-state index is 0.0353. The van der Waals surface area contributed by atoms with Crippen molar-refractivity contribution in [2.24, 2.45) is 0 Å². The van der Waals surface area contributed by atoms with Gasteiger partial charge in [0.05, 0.1) is 6.04 Å². The monoisotopic (exact) mass is 526 g/mol. The SMILES string of the molecule is CNC(=O)/C=C1\CCc2c(c(N3CCCc4cc(-c5ccc(C)nc5)c(NC)cc43)nn2C2CCOCC2)C1. The third-order valence-electron chi connectivity index (χ3n) is 8.39. The van der Waals surface area contributed by atoms with E-state index in [1.807, 2.05) is 20.2 Å². The number of fused-ring (bicyclic) bond motifs is 2. The Morgan fingerprint density at radius 1 is 1.13 bits per heavy atom. The van der Waals surface area contributed by atoms with E-state index in [4.69, 9.17) is 9.84 Å². The number of likely N-dealkylation sites (N-methyl/N-ethyl adjacent to an activating group) is 1. The molecule has 204 valence electrons. The van der Waals surface area contributed by atoms with Gasteiger partial charge in [-0.15, -0.1) is 0 Å². The summed E-state index contributed by atoms with van der Waals surface area (Å²) in [4.78, 5) is 19.2. The number of hydrogen-bond donors (Lipinski definition) is 2. The van der Waals surface area contributed by atoms with Crippen molar-refractivity contribution in [3.8, 4) is 11.1 Å². The van der Waals surface area contributed by atoms with Crippen LogP contribution in [0.3, 0.4) is 0 Å². The van der Waals surface area contributed by atoms with Gasteiger partial charge in [-0.2, -0.15) is 5.10 Å². The molecule has 1 fully saturated rings. The number of amides is 1. The van der Waals surface area contributed by atoms with Crippen molar-refractivity contribution < 1.29 is 9.53 Å². The molecule has 3 aromatic rings. The number of pyridine rings is 1. The van der Waals surface area contributed by atoms with Crippen LogP contribution >= 0.6 is 0 Å². The summed E-state index contributed by atoms with van der Waals surface area (Å²) < 4.78 is 7.98. The predicted molar refractivity (Wildman–Crippen MR) is 155 cm³/mol. The number of carbonyl (C=O) groups excluding carboxylic acids is 1. The van der Waals surface area contributed by atoms with E-state index in [1.165, 1.54) is 33.6 Å². The van der Waals surface area contributed by atoms with Crippen LogP contribution in [0.1, 0.15) is 54.2 Å². The number of benzene rings is 1. The van der Waals surface area contributed by atoms with Gasteiger partial charge in [-0.1, -0.05) is 11.6 Å². The Morgan fingerprint density at radius 2 is 1.97 bits per heavy atom. The van der Waals surface area contributed by atoms with E-state index >= 15 is 0 Å². The summed E-state index contributed by atoms with van der Waals surface area (Å²) in [6.07, 6.45) is 10.4. The molecule has 4 heterocycles. The number of anilines is 3. The Bertz CT molecular complexity index is 1400. The van der Waals surface area contributed by atoms with Gasteiger partial charge in [0.25, 0.3) is 0 Å². The van der Waals surface area contributed by atoms with Crippen LogP contribution in [0.4, 0.5) is 17.2 Å². The Balaban J connectivity index is 1.44. The molecule has 8 heteroatoms. The number of rotatable bonds is 5. The van der Waals surface area contributed by atoms with Crippen LogP contribution < -0.4 is 15.5 Å². The number of hydrogen-bond acceptors (Lipinski definition) is 6. The van der Waals surface area contributed by atoms with E-state index in [1.54, 1.807) is 13.1 Å². The summed E-state index contributed by atoms with van der Waals surface area (Å²) in [6.45, 7) is 4.51. The lowest BCUT2D eigenvalue weighted by Gasteiger charge is -2.32. The fourth-order valence-electron chi connectivity index (χ4n) is 6.29. The highest BCUT2D eigenvalue weighted by Crippen LogP contribution is 2.43. The van der Waals surface area contributed by atoms with Crippen molar-refractivity contribution in [1.82, 2.24) is 20.1 Å². The summed E-state index contributed by atoms with van der Waals surface area (Å²) in [5, 5.41) is 11.5. The quantitative estimate of drug-likeness (QED) is 0.461. The molecule has 6 rings (SSSR count). The molecule has 2 aromatic heterocycles. The molecule has 2 aliphatic heterocycles. The Hall–Kier alpha value is -3.65. The maximum Gasteiger partial charge on any atom is 0.243 e. The zero-order valence-corrected chi connectivity index (χ0v) is 23.2. The van der Waals surface area contributed by atoms with E-state index in [-0.39, 0.29) is 5.91 Å². The van der Waals surface area contributed by atoms with Crippen molar-refractivity contribution in [2.75, 3.05) is 44.1 Å². The van der Waals surface area contributed by atoms with Crippen LogP contribution in [0, 0.1) is 6.92 Å². The standard InChI is InChI=1S/C31H38N6O2/c1-20-6-8-23(19-34-20)25-17-22-5-4-12-36(29(22)18-27(25)32-2)31-26-15-21(16-30(38)33-3)7-9-28(26)37(35-31)24-10-13-39-14-11-24/h6,8,16-19,24,32H,4-5,7,9-15H2,1-3H3,(H,33,38)/b21-16+. The lowest BCUT2D eigenvalue weighted by molar-refractivity contribution is -0.116. The highest BCUT2D eigenvalue weighted by molar-refractivity contribution is 5.88. The molecule has 1 amide bonds. The molecule has 0 unspecified atom stereocenters. The van der Waals surface area contributed by atoms with Crippen LogP contribution in [-0.2, 0) is 28.8 Å². The number of aromatic nitrogens is 3. The van der Waals surface area contributed by atoms with Crippen molar-refractivity contribution in [3.63, 3.8) is 0 Å². The zero-order chi connectivity index (χ0) is 26.9. The van der Waals surface area contributed by atoms with Crippen molar-refractivity contribution >= 4 is 23.1 Å². The predicted octanol–water partition coefficient (Wildman–Crippen LogP) is 4.89. The number of nitrogens with one attached hydrogen (secondary N) is 2. The van der Waals surface area contributed by atoms with Gasteiger partial charge >= 0.3 is 0 Å². The third-order valence-corrected chi connectivity index (χ3v) is 8.39. The van der Waals surface area contributed by atoms with Gasteiger partial charge in [0.15, 0.2) is 5.82 Å². The van der Waals surface area contributed by atoms with Crippen molar-refractivity contribution in [3.05, 3.63) is 64.6 Å². The molecular weight excluding hydrogens is 488 g/mol. The molecule has 0 saturated carbocycles. The molecule has 3 aliphatic rings. The van der Waals surface area contributed by atoms with Crippen LogP contribution in [0.5, 0.6) is 0 Å². The minimum Gasteiger partial charge on any atom is -0.388 e. The van der Waals surface area contributed by atoms with Gasteiger partial charge < -0.3 is 20.3 Å². The van der Waals surface area contributed by atoms with Crippen LogP contribution in [0.15, 0.2) is 42.1 Å². The smallest absolute Gasteiger partial charge is 0.243 e. The van der Waals surface area contributed by atoms with Crippen LogP contribution in [0.25, 0.3) is 11.1 Å². The molecule has 0 bridgehead atoms. The van der Waals surface area contributed by atoms with E-state index in [0.717, 1.165) is 87.5 Å². The highest BCUT2D eigenvalue weighted by atomic mass is 16.5. The first-order valence-electron chi connectivity index (χ1n) is 14.2. The van der Waals surface area contributed by atoms with E-state index < -0.39 is 0 Å². The van der Waals surface area contributed by atoms with Crippen LogP contribution in [0.2, 0.25) is 0 Å². The van der Waals surface area contributed by atoms with E-state index in [0.29, 0.717) is 6.04 Å². The average molecular weight is 527 g/mol. The normalized spacial score (nSPS) is 18.5. The third kappa shape index (κ3) is 4.93. The topological polar surface area (TPSA) is 84.3 Å². The molecule has 2 N–H and O–H groups in total. The number of nitrogens with zero attached hydrogens (tertiary/aromatic N) is 4. The fraction of sp³-hybridized carbons (Fsp3) is 0.452. The van der Waals surface area contributed by atoms with Gasteiger partial charge in [-0.25, -0.2) is 0 Å². The maximum absolute atomic E-state index is 12.2. The maximum atomic E-state index is 12.2. The molecule has 39 heavy (non-hydrogen) atoms. The number of allylic oxidation sites excluding steroid dienone is 1. The zero-order valence-electron chi connectivity index (χ0n) is 23.2. The first kappa shape index (κ1) is 25.6. The summed E-state index contributed by atoms with van der Waals surface area (Å²) in [7, 11) is 3.67. The molecule has 1 aliphatic carbocycles. The van der Waals surface area contributed by atoms with E-state index in [2.05, 4.69) is 49.5 Å².